The fourth-order valence-electron chi connectivity index (χ4n) is 2.88. The molecule has 3 nitrogen and oxygen atoms in total. The van der Waals surface area contributed by atoms with Crippen molar-refractivity contribution in [3.05, 3.63) is 65.2 Å². The van der Waals surface area contributed by atoms with Gasteiger partial charge in [0.25, 0.3) is 0 Å². The molecule has 0 bridgehead atoms. The van der Waals surface area contributed by atoms with Crippen molar-refractivity contribution >= 4 is 23.5 Å². The lowest BCUT2D eigenvalue weighted by Gasteiger charge is -2.25. The fourth-order valence-corrected chi connectivity index (χ4v) is 4.14. The quantitative estimate of drug-likeness (QED) is 0.746. The summed E-state index contributed by atoms with van der Waals surface area (Å²) in [4.78, 5) is 14.3. The highest BCUT2D eigenvalue weighted by Gasteiger charge is 2.31. The number of amides is 2. The van der Waals surface area contributed by atoms with Crippen LogP contribution in [0, 0.1) is 11.6 Å². The highest BCUT2D eigenvalue weighted by molar-refractivity contribution is 7.99. The van der Waals surface area contributed by atoms with Gasteiger partial charge in [-0.1, -0.05) is 45.0 Å². The first kappa shape index (κ1) is 18.7. The van der Waals surface area contributed by atoms with Gasteiger partial charge in [-0.15, -0.1) is 11.8 Å². The summed E-state index contributed by atoms with van der Waals surface area (Å²) in [5, 5.41) is 2.43. The van der Waals surface area contributed by atoms with E-state index in [2.05, 4.69) is 38.2 Å². The Morgan fingerprint density at radius 3 is 2.46 bits per heavy atom. The Morgan fingerprint density at radius 1 is 1.15 bits per heavy atom. The Labute approximate surface area is 156 Å². The molecular formula is C20H22F2N2OS. The predicted molar refractivity (Wildman–Crippen MR) is 102 cm³/mol. The second-order valence-electron chi connectivity index (χ2n) is 7.34. The maximum absolute atomic E-state index is 13.8. The van der Waals surface area contributed by atoms with Crippen LogP contribution in [0.15, 0.2) is 42.5 Å². The van der Waals surface area contributed by atoms with Gasteiger partial charge in [0.1, 0.15) is 17.0 Å². The summed E-state index contributed by atoms with van der Waals surface area (Å²) in [6, 6.07) is 11.0. The molecule has 0 saturated carbocycles. The number of urea groups is 1. The van der Waals surface area contributed by atoms with Crippen molar-refractivity contribution in [3.8, 4) is 0 Å². The first-order valence-corrected chi connectivity index (χ1v) is 9.55. The van der Waals surface area contributed by atoms with Crippen LogP contribution in [0.4, 0.5) is 19.3 Å². The largest absolute Gasteiger partial charge is 0.323 e. The molecule has 138 valence electrons. The van der Waals surface area contributed by atoms with E-state index in [1.165, 1.54) is 11.6 Å². The Balaban J connectivity index is 1.76. The zero-order chi connectivity index (χ0) is 18.9. The monoisotopic (exact) mass is 376 g/mol. The van der Waals surface area contributed by atoms with E-state index in [0.717, 1.165) is 23.4 Å². The van der Waals surface area contributed by atoms with Crippen LogP contribution in [0.3, 0.4) is 0 Å². The number of hydrogen-bond donors (Lipinski definition) is 1. The van der Waals surface area contributed by atoms with Crippen LogP contribution in [0.25, 0.3) is 0 Å². The van der Waals surface area contributed by atoms with Crippen molar-refractivity contribution < 1.29 is 13.6 Å². The van der Waals surface area contributed by atoms with Crippen molar-refractivity contribution in [1.82, 2.24) is 4.90 Å². The number of benzene rings is 2. The second kappa shape index (κ2) is 7.27. The third kappa shape index (κ3) is 4.01. The molecule has 26 heavy (non-hydrogen) atoms. The van der Waals surface area contributed by atoms with Crippen molar-refractivity contribution in [2.24, 2.45) is 0 Å². The number of nitrogens with zero attached hydrogens (tertiary/aromatic N) is 1. The van der Waals surface area contributed by atoms with E-state index in [4.69, 9.17) is 0 Å². The van der Waals surface area contributed by atoms with E-state index in [-0.39, 0.29) is 22.5 Å². The van der Waals surface area contributed by atoms with Crippen LogP contribution >= 0.6 is 11.8 Å². The minimum absolute atomic E-state index is 0.0184. The summed E-state index contributed by atoms with van der Waals surface area (Å²) in [5.41, 5.74) is 2.32. The Hall–Kier alpha value is -2.08. The molecule has 0 aliphatic carbocycles. The minimum Gasteiger partial charge on any atom is -0.308 e. The molecule has 6 heteroatoms. The van der Waals surface area contributed by atoms with E-state index in [1.807, 2.05) is 12.1 Å². The number of carbonyl (C=O) groups excluding carboxylic acids is 1. The van der Waals surface area contributed by atoms with Gasteiger partial charge in [0, 0.05) is 18.4 Å². The first-order chi connectivity index (χ1) is 12.3. The third-order valence-electron chi connectivity index (χ3n) is 4.39. The average molecular weight is 376 g/mol. The van der Waals surface area contributed by atoms with E-state index in [9.17, 15) is 13.6 Å². The van der Waals surface area contributed by atoms with E-state index >= 15 is 0 Å². The molecule has 0 aromatic heterocycles. The summed E-state index contributed by atoms with van der Waals surface area (Å²) < 4.78 is 26.8. The van der Waals surface area contributed by atoms with Crippen LogP contribution in [-0.4, -0.2) is 23.2 Å². The Kier molecular flexibility index (Phi) is 5.23. The molecule has 1 atom stereocenters. The molecule has 1 fully saturated rings. The van der Waals surface area contributed by atoms with E-state index < -0.39 is 11.6 Å². The summed E-state index contributed by atoms with van der Waals surface area (Å²) in [6.07, 6.45) is 0. The van der Waals surface area contributed by atoms with Gasteiger partial charge < -0.3 is 10.2 Å². The lowest BCUT2D eigenvalue weighted by atomic mass is 9.87. The van der Waals surface area contributed by atoms with Gasteiger partial charge in [0.2, 0.25) is 0 Å². The molecule has 0 spiro atoms. The molecule has 1 unspecified atom stereocenters. The number of anilines is 1. The van der Waals surface area contributed by atoms with Gasteiger partial charge in [-0.2, -0.15) is 0 Å². The molecule has 1 N–H and O–H groups in total. The van der Waals surface area contributed by atoms with Gasteiger partial charge in [-0.05, 0) is 28.7 Å². The second-order valence-corrected chi connectivity index (χ2v) is 8.53. The SMILES string of the molecule is CC(C)(C)c1ccc(C2SCCN2C(=O)Nc2ccc(F)cc2F)cc1. The predicted octanol–water partition coefficient (Wildman–Crippen LogP) is 5.54. The van der Waals surface area contributed by atoms with Gasteiger partial charge >= 0.3 is 6.03 Å². The number of hydrogen-bond acceptors (Lipinski definition) is 2. The number of halogens is 2. The smallest absolute Gasteiger partial charge is 0.308 e. The summed E-state index contributed by atoms with van der Waals surface area (Å²) in [5.74, 6) is -0.643. The first-order valence-electron chi connectivity index (χ1n) is 8.50. The molecule has 0 radical (unpaired) electrons. The topological polar surface area (TPSA) is 32.3 Å². The van der Waals surface area contributed by atoms with Crippen LogP contribution < -0.4 is 5.32 Å². The standard InChI is InChI=1S/C20H22F2N2OS/c1-20(2,3)14-6-4-13(5-7-14)18-24(10-11-26-18)19(25)23-17-9-8-15(21)12-16(17)22/h4-9,12,18H,10-11H2,1-3H3,(H,23,25). The summed E-state index contributed by atoms with van der Waals surface area (Å²) >= 11 is 1.67. The summed E-state index contributed by atoms with van der Waals surface area (Å²) in [7, 11) is 0. The van der Waals surface area contributed by atoms with Crippen LogP contribution in [0.1, 0.15) is 37.3 Å². The van der Waals surface area contributed by atoms with E-state index in [1.54, 1.807) is 16.7 Å². The molecule has 1 aliphatic heterocycles. The highest BCUT2D eigenvalue weighted by atomic mass is 32.2. The maximum Gasteiger partial charge on any atom is 0.323 e. The average Bonchev–Trinajstić information content (AvgIpc) is 3.06. The molecule has 2 aromatic carbocycles. The lowest BCUT2D eigenvalue weighted by molar-refractivity contribution is 0.214. The van der Waals surface area contributed by atoms with E-state index in [0.29, 0.717) is 6.54 Å². The fraction of sp³-hybridized carbons (Fsp3) is 0.350. The van der Waals surface area contributed by atoms with Gasteiger partial charge in [0.05, 0.1) is 5.69 Å². The van der Waals surface area contributed by atoms with Gasteiger partial charge in [0.15, 0.2) is 0 Å². The third-order valence-corrected chi connectivity index (χ3v) is 5.65. The van der Waals surface area contributed by atoms with Crippen molar-refractivity contribution in [1.29, 1.82) is 0 Å². The molecule has 1 aliphatic rings. The molecule has 2 amide bonds. The summed E-state index contributed by atoms with van der Waals surface area (Å²) in [6.45, 7) is 7.04. The zero-order valence-electron chi connectivity index (χ0n) is 15.1. The van der Waals surface area contributed by atoms with Crippen LogP contribution in [-0.2, 0) is 5.41 Å². The molecule has 1 heterocycles. The lowest BCUT2D eigenvalue weighted by Crippen LogP contribution is -2.34. The molecule has 1 saturated heterocycles. The van der Waals surface area contributed by atoms with Gasteiger partial charge in [-0.25, -0.2) is 13.6 Å². The number of thioether (sulfide) groups is 1. The molecule has 3 rings (SSSR count). The Bertz CT molecular complexity index is 802. The van der Waals surface area contributed by atoms with Crippen LogP contribution in [0.2, 0.25) is 0 Å². The van der Waals surface area contributed by atoms with Crippen molar-refractivity contribution in [3.63, 3.8) is 0 Å². The zero-order valence-corrected chi connectivity index (χ0v) is 15.9. The minimum atomic E-state index is -0.781. The highest BCUT2D eigenvalue weighted by Crippen LogP contribution is 2.39. The molecule has 2 aromatic rings. The maximum atomic E-state index is 13.8. The number of carbonyl (C=O) groups is 1. The molecular weight excluding hydrogens is 354 g/mol. The van der Waals surface area contributed by atoms with Crippen molar-refractivity contribution in [2.45, 2.75) is 31.6 Å². The normalized spacial score (nSPS) is 17.4. The Morgan fingerprint density at radius 2 is 1.85 bits per heavy atom. The van der Waals surface area contributed by atoms with Crippen molar-refractivity contribution in [2.75, 3.05) is 17.6 Å². The number of rotatable bonds is 2. The van der Waals surface area contributed by atoms with Gasteiger partial charge in [-0.3, -0.25) is 0 Å². The number of nitrogens with one attached hydrogen (secondary N) is 1. The van der Waals surface area contributed by atoms with Crippen LogP contribution in [0.5, 0.6) is 0 Å².